The predicted octanol–water partition coefficient (Wildman–Crippen LogP) is 4.14. The zero-order valence-electron chi connectivity index (χ0n) is 17.1. The van der Waals surface area contributed by atoms with Gasteiger partial charge < -0.3 is 10.2 Å². The number of rotatable bonds is 4. The molecule has 1 aromatic heterocycles. The molecule has 4 rings (SSSR count). The minimum absolute atomic E-state index is 0.139. The first-order valence-electron chi connectivity index (χ1n) is 10.1. The van der Waals surface area contributed by atoms with E-state index >= 15 is 0 Å². The molecule has 0 radical (unpaired) electrons. The molecule has 0 spiro atoms. The lowest BCUT2D eigenvalue weighted by atomic mass is 10.1. The van der Waals surface area contributed by atoms with Crippen molar-refractivity contribution in [2.45, 2.75) is 39.7 Å². The number of nitrogens with zero attached hydrogens (tertiary/aromatic N) is 3. The van der Waals surface area contributed by atoms with Crippen molar-refractivity contribution in [1.82, 2.24) is 9.78 Å². The minimum Gasteiger partial charge on any atom is -0.372 e. The minimum atomic E-state index is -0.312. The van der Waals surface area contributed by atoms with Crippen molar-refractivity contribution in [2.24, 2.45) is 0 Å². The number of fused-ring (bicyclic) bond motifs is 1. The molecule has 6 heteroatoms. The molecular weight excluding hydrogens is 364 g/mol. The summed E-state index contributed by atoms with van der Waals surface area (Å²) in [6, 6.07) is 13.1. The van der Waals surface area contributed by atoms with Gasteiger partial charge in [0, 0.05) is 29.9 Å². The van der Waals surface area contributed by atoms with Crippen LogP contribution in [0, 0.1) is 6.92 Å². The third-order valence-electron chi connectivity index (χ3n) is 5.46. The van der Waals surface area contributed by atoms with Crippen molar-refractivity contribution < 1.29 is 4.79 Å². The normalized spacial score (nSPS) is 14.0. The van der Waals surface area contributed by atoms with E-state index in [-0.39, 0.29) is 23.2 Å². The molecule has 1 aliphatic heterocycles. The van der Waals surface area contributed by atoms with Crippen molar-refractivity contribution >= 4 is 28.1 Å². The molecule has 1 amide bonds. The zero-order chi connectivity index (χ0) is 20.5. The van der Waals surface area contributed by atoms with Gasteiger partial charge in [0.1, 0.15) is 0 Å². The van der Waals surface area contributed by atoms with Gasteiger partial charge in [-0.05, 0) is 63.4 Å². The van der Waals surface area contributed by atoms with E-state index in [1.807, 2.05) is 32.9 Å². The Labute approximate surface area is 170 Å². The second-order valence-corrected chi connectivity index (χ2v) is 7.89. The van der Waals surface area contributed by atoms with E-state index in [2.05, 4.69) is 27.4 Å². The van der Waals surface area contributed by atoms with E-state index in [4.69, 9.17) is 0 Å². The van der Waals surface area contributed by atoms with Crippen LogP contribution in [0.1, 0.15) is 48.8 Å². The van der Waals surface area contributed by atoms with Crippen LogP contribution in [0.4, 0.5) is 11.4 Å². The molecule has 1 aliphatic rings. The monoisotopic (exact) mass is 390 g/mol. The number of carbonyl (C=O) groups excluding carboxylic acids is 1. The van der Waals surface area contributed by atoms with Crippen molar-refractivity contribution in [3.05, 3.63) is 64.1 Å². The van der Waals surface area contributed by atoms with Gasteiger partial charge in [0.2, 0.25) is 0 Å². The zero-order valence-corrected chi connectivity index (χ0v) is 17.1. The second kappa shape index (κ2) is 7.70. The Morgan fingerprint density at radius 2 is 1.76 bits per heavy atom. The fourth-order valence-electron chi connectivity index (χ4n) is 3.87. The first-order valence-corrected chi connectivity index (χ1v) is 10.1. The summed E-state index contributed by atoms with van der Waals surface area (Å²) in [5, 5.41) is 8.45. The van der Waals surface area contributed by atoms with E-state index in [0.717, 1.165) is 24.3 Å². The summed E-state index contributed by atoms with van der Waals surface area (Å²) in [6.45, 7) is 7.92. The third-order valence-corrected chi connectivity index (χ3v) is 5.46. The Balaban J connectivity index is 1.69. The number of benzene rings is 2. The van der Waals surface area contributed by atoms with Gasteiger partial charge in [0.15, 0.2) is 5.69 Å². The molecule has 29 heavy (non-hydrogen) atoms. The molecule has 0 saturated carbocycles. The van der Waals surface area contributed by atoms with Gasteiger partial charge in [-0.15, -0.1) is 0 Å². The quantitative estimate of drug-likeness (QED) is 0.727. The molecule has 2 heterocycles. The molecule has 6 nitrogen and oxygen atoms in total. The van der Waals surface area contributed by atoms with Crippen LogP contribution in [0.5, 0.6) is 0 Å². The number of amides is 1. The maximum atomic E-state index is 13.1. The fraction of sp³-hybridized carbons (Fsp3) is 0.348. The largest absolute Gasteiger partial charge is 0.372 e. The third kappa shape index (κ3) is 3.62. The van der Waals surface area contributed by atoms with Crippen LogP contribution in [0.3, 0.4) is 0 Å². The van der Waals surface area contributed by atoms with Crippen LogP contribution < -0.4 is 15.8 Å². The molecule has 0 unspecified atom stereocenters. The van der Waals surface area contributed by atoms with Crippen LogP contribution in [-0.2, 0) is 0 Å². The highest BCUT2D eigenvalue weighted by molar-refractivity contribution is 6.11. The van der Waals surface area contributed by atoms with Gasteiger partial charge in [-0.25, -0.2) is 4.68 Å². The molecule has 2 aromatic carbocycles. The second-order valence-electron chi connectivity index (χ2n) is 7.89. The summed E-state index contributed by atoms with van der Waals surface area (Å²) in [4.78, 5) is 28.2. The van der Waals surface area contributed by atoms with Gasteiger partial charge in [-0.1, -0.05) is 18.2 Å². The van der Waals surface area contributed by atoms with E-state index in [1.54, 1.807) is 18.2 Å². The Hall–Kier alpha value is -3.15. The van der Waals surface area contributed by atoms with Crippen LogP contribution in [-0.4, -0.2) is 28.8 Å². The first kappa shape index (κ1) is 19.2. The maximum absolute atomic E-state index is 13.1. The van der Waals surface area contributed by atoms with Crippen molar-refractivity contribution in [3.63, 3.8) is 0 Å². The van der Waals surface area contributed by atoms with Crippen LogP contribution in [0.25, 0.3) is 10.8 Å². The molecule has 1 saturated heterocycles. The lowest BCUT2D eigenvalue weighted by Gasteiger charge is -2.19. The Morgan fingerprint density at radius 1 is 1.07 bits per heavy atom. The number of carbonyl (C=O) groups is 1. The topological polar surface area (TPSA) is 67.2 Å². The first-order chi connectivity index (χ1) is 14.0. The fourth-order valence-corrected chi connectivity index (χ4v) is 3.87. The number of anilines is 2. The highest BCUT2D eigenvalue weighted by Gasteiger charge is 2.19. The lowest BCUT2D eigenvalue weighted by molar-refractivity contribution is 0.102. The highest BCUT2D eigenvalue weighted by atomic mass is 16.2. The molecule has 150 valence electrons. The predicted molar refractivity (Wildman–Crippen MR) is 117 cm³/mol. The molecule has 0 aliphatic carbocycles. The summed E-state index contributed by atoms with van der Waals surface area (Å²) in [5.41, 5.74) is 3.03. The van der Waals surface area contributed by atoms with Gasteiger partial charge >= 0.3 is 0 Å². The molecule has 1 fully saturated rings. The summed E-state index contributed by atoms with van der Waals surface area (Å²) in [7, 11) is 0. The van der Waals surface area contributed by atoms with Crippen molar-refractivity contribution in [2.75, 3.05) is 23.3 Å². The average molecular weight is 390 g/mol. The Kier molecular flexibility index (Phi) is 5.09. The molecular formula is C23H26N4O2. The van der Waals surface area contributed by atoms with Crippen molar-refractivity contribution in [1.29, 1.82) is 0 Å². The van der Waals surface area contributed by atoms with Crippen LogP contribution in [0.2, 0.25) is 0 Å². The highest BCUT2D eigenvalue weighted by Crippen LogP contribution is 2.26. The Morgan fingerprint density at radius 3 is 2.41 bits per heavy atom. The van der Waals surface area contributed by atoms with Gasteiger partial charge in [0.05, 0.1) is 11.4 Å². The summed E-state index contributed by atoms with van der Waals surface area (Å²) in [5.74, 6) is -0.312. The Bertz CT molecular complexity index is 1130. The summed E-state index contributed by atoms with van der Waals surface area (Å²) >= 11 is 0. The summed E-state index contributed by atoms with van der Waals surface area (Å²) < 4.78 is 1.38. The van der Waals surface area contributed by atoms with E-state index in [0.29, 0.717) is 10.8 Å². The summed E-state index contributed by atoms with van der Waals surface area (Å²) in [6.07, 6.45) is 2.45. The van der Waals surface area contributed by atoms with Crippen molar-refractivity contribution in [3.8, 4) is 0 Å². The van der Waals surface area contributed by atoms with Crippen LogP contribution >= 0.6 is 0 Å². The van der Waals surface area contributed by atoms with E-state index in [9.17, 15) is 9.59 Å². The number of nitrogens with one attached hydrogen (secondary N) is 1. The average Bonchev–Trinajstić information content (AvgIpc) is 3.24. The number of hydrogen-bond donors (Lipinski definition) is 1. The van der Waals surface area contributed by atoms with Gasteiger partial charge in [-0.3, -0.25) is 9.59 Å². The van der Waals surface area contributed by atoms with E-state index in [1.165, 1.54) is 23.2 Å². The molecule has 0 atom stereocenters. The van der Waals surface area contributed by atoms with E-state index < -0.39 is 0 Å². The number of aryl methyl sites for hydroxylation is 1. The number of hydrogen-bond acceptors (Lipinski definition) is 4. The SMILES string of the molecule is Cc1cc(N2CCCC2)ccc1NC(=O)c1nn(C(C)C)c(=O)c2ccccc12. The number of aromatic nitrogens is 2. The molecule has 0 bridgehead atoms. The van der Waals surface area contributed by atoms with Gasteiger partial charge in [0.25, 0.3) is 11.5 Å². The molecule has 3 aromatic rings. The standard InChI is InChI=1S/C23H26N4O2/c1-15(2)27-23(29)19-9-5-4-8-18(19)21(25-27)22(28)24-20-11-10-17(14-16(20)3)26-12-6-7-13-26/h4-5,8-11,14-15H,6-7,12-13H2,1-3H3,(H,24,28). The van der Waals surface area contributed by atoms with Crippen LogP contribution in [0.15, 0.2) is 47.3 Å². The van der Waals surface area contributed by atoms with Gasteiger partial charge in [-0.2, -0.15) is 5.10 Å². The lowest BCUT2D eigenvalue weighted by Crippen LogP contribution is -2.29. The smallest absolute Gasteiger partial charge is 0.276 e. The maximum Gasteiger partial charge on any atom is 0.276 e. The molecule has 1 N–H and O–H groups in total.